The molecule has 0 unspecified atom stereocenters. The van der Waals surface area contributed by atoms with Crippen LogP contribution in [0, 0.1) is 0 Å². The lowest BCUT2D eigenvalue weighted by molar-refractivity contribution is 0.233. The van der Waals surface area contributed by atoms with Crippen LogP contribution in [0.2, 0.25) is 0 Å². The first-order chi connectivity index (χ1) is 11.6. The molecule has 0 aliphatic heterocycles. The number of rotatable bonds is 6. The van der Waals surface area contributed by atoms with Crippen LogP contribution >= 0.6 is 0 Å². The molecule has 0 fully saturated rings. The number of nitrogens with zero attached hydrogens (tertiary/aromatic N) is 6. The van der Waals surface area contributed by atoms with Crippen LogP contribution in [-0.4, -0.2) is 35.8 Å². The second-order valence-electron chi connectivity index (χ2n) is 5.30. The van der Waals surface area contributed by atoms with Crippen LogP contribution in [-0.2, 0) is 6.54 Å². The van der Waals surface area contributed by atoms with E-state index in [2.05, 4.69) is 30.4 Å². The summed E-state index contributed by atoms with van der Waals surface area (Å²) in [7, 11) is 0. The second kappa shape index (κ2) is 6.90. The normalized spacial score (nSPS) is 10.8. The highest BCUT2D eigenvalue weighted by molar-refractivity contribution is 5.44. The molecule has 0 aliphatic carbocycles. The zero-order valence-corrected chi connectivity index (χ0v) is 13.4. The molecule has 3 aromatic rings. The number of anilines is 2. The van der Waals surface area contributed by atoms with Crippen LogP contribution in [0.15, 0.2) is 37.1 Å². The molecule has 3 aromatic heterocycles. The Morgan fingerprint density at radius 1 is 1.33 bits per heavy atom. The molecule has 3 heterocycles. The maximum atomic E-state index is 5.73. The number of ether oxygens (including phenoxy) is 1. The van der Waals surface area contributed by atoms with E-state index in [-0.39, 0.29) is 12.1 Å². The molecule has 3 N–H and O–H groups in total. The van der Waals surface area contributed by atoms with Gasteiger partial charge >= 0.3 is 0 Å². The van der Waals surface area contributed by atoms with Crippen molar-refractivity contribution in [3.05, 3.63) is 42.6 Å². The van der Waals surface area contributed by atoms with Crippen molar-refractivity contribution in [2.75, 3.05) is 11.1 Å². The average Bonchev–Trinajstić information content (AvgIpc) is 3.06. The Morgan fingerprint density at radius 2 is 2.21 bits per heavy atom. The van der Waals surface area contributed by atoms with Crippen LogP contribution in [0.4, 0.5) is 11.8 Å². The zero-order chi connectivity index (χ0) is 16.9. The monoisotopic (exact) mass is 326 g/mol. The van der Waals surface area contributed by atoms with Crippen molar-refractivity contribution in [2.24, 2.45) is 0 Å². The predicted octanol–water partition coefficient (Wildman–Crippen LogP) is 1.43. The van der Waals surface area contributed by atoms with Gasteiger partial charge in [0.05, 0.1) is 6.10 Å². The smallest absolute Gasteiger partial charge is 0.225 e. The van der Waals surface area contributed by atoms with Crippen LogP contribution in [0.3, 0.4) is 0 Å². The average molecular weight is 326 g/mol. The molecule has 0 spiro atoms. The van der Waals surface area contributed by atoms with E-state index in [1.54, 1.807) is 23.3 Å². The van der Waals surface area contributed by atoms with Crippen molar-refractivity contribution >= 4 is 11.8 Å². The number of pyridine rings is 1. The number of nitrogen functional groups attached to an aromatic ring is 1. The number of nitrogens with two attached hydrogens (primary N) is 1. The van der Waals surface area contributed by atoms with Crippen LogP contribution in [0.5, 0.6) is 5.88 Å². The number of hydrogen-bond donors (Lipinski definition) is 2. The Hall–Kier alpha value is -3.23. The number of hydrogen-bond acceptors (Lipinski definition) is 8. The van der Waals surface area contributed by atoms with Crippen LogP contribution < -0.4 is 15.8 Å². The van der Waals surface area contributed by atoms with Crippen molar-refractivity contribution in [3.8, 4) is 11.7 Å². The molecule has 0 aromatic carbocycles. The lowest BCUT2D eigenvalue weighted by atomic mass is 10.2. The third-order valence-corrected chi connectivity index (χ3v) is 3.04. The molecule has 9 nitrogen and oxygen atoms in total. The topological polar surface area (TPSA) is 117 Å². The largest absolute Gasteiger partial charge is 0.475 e. The third-order valence-electron chi connectivity index (χ3n) is 3.04. The maximum Gasteiger partial charge on any atom is 0.225 e. The molecule has 24 heavy (non-hydrogen) atoms. The lowest BCUT2D eigenvalue weighted by Crippen LogP contribution is -2.11. The Balaban J connectivity index is 1.78. The minimum atomic E-state index is 0.00407. The van der Waals surface area contributed by atoms with Gasteiger partial charge in [-0.15, -0.1) is 0 Å². The molecule has 0 bridgehead atoms. The maximum absolute atomic E-state index is 5.73. The summed E-state index contributed by atoms with van der Waals surface area (Å²) >= 11 is 0. The molecule has 0 aliphatic rings. The molecule has 9 heteroatoms. The van der Waals surface area contributed by atoms with Gasteiger partial charge in [0.15, 0.2) is 5.82 Å². The van der Waals surface area contributed by atoms with Crippen LogP contribution in [0.1, 0.15) is 19.4 Å². The minimum Gasteiger partial charge on any atom is -0.475 e. The fourth-order valence-corrected chi connectivity index (χ4v) is 2.11. The highest BCUT2D eigenvalue weighted by atomic mass is 16.5. The highest BCUT2D eigenvalue weighted by Gasteiger charge is 2.09. The zero-order valence-electron chi connectivity index (χ0n) is 13.4. The van der Waals surface area contributed by atoms with Crippen LogP contribution in [0.25, 0.3) is 5.82 Å². The van der Waals surface area contributed by atoms with Gasteiger partial charge in [0.2, 0.25) is 11.8 Å². The predicted molar refractivity (Wildman–Crippen MR) is 88.7 cm³/mol. The molecule has 0 saturated carbocycles. The van der Waals surface area contributed by atoms with E-state index in [0.29, 0.717) is 24.1 Å². The van der Waals surface area contributed by atoms with Crippen molar-refractivity contribution < 1.29 is 4.74 Å². The molecule has 124 valence electrons. The molecule has 0 radical (unpaired) electrons. The quantitative estimate of drug-likeness (QED) is 0.699. The van der Waals surface area contributed by atoms with Gasteiger partial charge < -0.3 is 15.8 Å². The Bertz CT molecular complexity index is 803. The first kappa shape index (κ1) is 15.7. The van der Waals surface area contributed by atoms with Gasteiger partial charge in [-0.3, -0.25) is 0 Å². The van der Waals surface area contributed by atoms with E-state index in [9.17, 15) is 0 Å². The molecule has 0 saturated heterocycles. The van der Waals surface area contributed by atoms with E-state index < -0.39 is 0 Å². The van der Waals surface area contributed by atoms with Gasteiger partial charge in [0.25, 0.3) is 0 Å². The van der Waals surface area contributed by atoms with Crippen molar-refractivity contribution in [2.45, 2.75) is 26.5 Å². The molecule has 0 atom stereocenters. The summed E-state index contributed by atoms with van der Waals surface area (Å²) in [5.41, 5.74) is 6.67. The SMILES string of the molecule is CC(C)Oc1cc(NCc2cccnc2-n2cncn2)nc(N)n1. The fraction of sp³-hybridized carbons (Fsp3) is 0.267. The summed E-state index contributed by atoms with van der Waals surface area (Å²) in [6.45, 7) is 4.33. The highest BCUT2D eigenvalue weighted by Crippen LogP contribution is 2.18. The van der Waals surface area contributed by atoms with Crippen molar-refractivity contribution in [3.63, 3.8) is 0 Å². The number of aromatic nitrogens is 6. The van der Waals surface area contributed by atoms with Gasteiger partial charge in [0.1, 0.15) is 18.5 Å². The van der Waals surface area contributed by atoms with E-state index >= 15 is 0 Å². The number of nitrogens with one attached hydrogen (secondary N) is 1. The second-order valence-corrected chi connectivity index (χ2v) is 5.30. The Labute approximate surface area is 138 Å². The summed E-state index contributed by atoms with van der Waals surface area (Å²) in [6, 6.07) is 5.52. The van der Waals surface area contributed by atoms with Crippen molar-refractivity contribution in [1.29, 1.82) is 0 Å². The summed E-state index contributed by atoms with van der Waals surface area (Å²) < 4.78 is 7.17. The molecule has 3 rings (SSSR count). The third kappa shape index (κ3) is 3.75. The summed E-state index contributed by atoms with van der Waals surface area (Å²) in [6.07, 6.45) is 4.78. The Morgan fingerprint density at radius 3 is 2.96 bits per heavy atom. The van der Waals surface area contributed by atoms with Gasteiger partial charge in [0, 0.05) is 24.4 Å². The summed E-state index contributed by atoms with van der Waals surface area (Å²) in [5.74, 6) is 1.86. The van der Waals surface area contributed by atoms with Gasteiger partial charge in [-0.1, -0.05) is 6.07 Å². The van der Waals surface area contributed by atoms with Gasteiger partial charge in [-0.05, 0) is 19.9 Å². The van der Waals surface area contributed by atoms with E-state index in [1.165, 1.54) is 6.33 Å². The molecule has 0 amide bonds. The molecular formula is C15H18N8O. The molecular weight excluding hydrogens is 308 g/mol. The summed E-state index contributed by atoms with van der Waals surface area (Å²) in [5, 5.41) is 7.32. The van der Waals surface area contributed by atoms with E-state index in [1.807, 2.05) is 26.0 Å². The van der Waals surface area contributed by atoms with Crippen molar-refractivity contribution in [1.82, 2.24) is 29.7 Å². The Kier molecular flexibility index (Phi) is 4.50. The van der Waals surface area contributed by atoms with Gasteiger partial charge in [-0.2, -0.15) is 15.1 Å². The van der Waals surface area contributed by atoms with E-state index in [0.717, 1.165) is 5.56 Å². The minimum absolute atomic E-state index is 0.00407. The standard InChI is InChI=1S/C15H18N8O/c1-10(2)24-13-6-12(21-15(16)22-13)19-7-11-4-3-5-18-14(11)23-9-17-8-20-23/h3-6,8-10H,7H2,1-2H3,(H3,16,19,21,22). The first-order valence-corrected chi connectivity index (χ1v) is 7.46. The van der Waals surface area contributed by atoms with Gasteiger partial charge in [-0.25, -0.2) is 14.6 Å². The lowest BCUT2D eigenvalue weighted by Gasteiger charge is -2.12. The summed E-state index contributed by atoms with van der Waals surface area (Å²) in [4.78, 5) is 16.5. The van der Waals surface area contributed by atoms with E-state index in [4.69, 9.17) is 10.5 Å². The fourth-order valence-electron chi connectivity index (χ4n) is 2.11. The first-order valence-electron chi connectivity index (χ1n) is 7.46.